The van der Waals surface area contributed by atoms with Crippen LogP contribution in [0.3, 0.4) is 0 Å². The molecular formula is C12H23NO3. The molecule has 0 aliphatic carbocycles. The molecule has 0 bridgehead atoms. The van der Waals surface area contributed by atoms with E-state index in [9.17, 15) is 10.0 Å². The van der Waals surface area contributed by atoms with Gasteiger partial charge >= 0.3 is 5.97 Å². The van der Waals surface area contributed by atoms with Gasteiger partial charge in [-0.3, -0.25) is 4.79 Å². The highest BCUT2D eigenvalue weighted by molar-refractivity contribution is 5.75. The average Bonchev–Trinajstić information content (AvgIpc) is 2.22. The van der Waals surface area contributed by atoms with Crippen molar-refractivity contribution in [1.82, 2.24) is 0 Å². The molecule has 0 aromatic carbocycles. The van der Waals surface area contributed by atoms with Crippen molar-refractivity contribution in [2.45, 2.75) is 47.5 Å². The predicted molar refractivity (Wildman–Crippen MR) is 63.3 cm³/mol. The summed E-state index contributed by atoms with van der Waals surface area (Å²) in [5.41, 5.74) is 1.92. The van der Waals surface area contributed by atoms with Crippen molar-refractivity contribution >= 4 is 5.97 Å². The third-order valence-corrected chi connectivity index (χ3v) is 2.42. The standard InChI is InChI=1S/C12H23NO3/c1-6-9(7-2)10(13-15)8-16-11(14)12(3,4)5/h6-8,13H2,1-5H3. The second kappa shape index (κ2) is 6.66. The lowest BCUT2D eigenvalue weighted by Crippen LogP contribution is -2.76. The minimum atomic E-state index is -0.521. The van der Waals surface area contributed by atoms with Crippen molar-refractivity contribution in [3.05, 3.63) is 16.5 Å². The Bertz CT molecular complexity index is 258. The molecule has 0 saturated heterocycles. The molecule has 0 saturated carbocycles. The lowest BCUT2D eigenvalue weighted by atomic mass is 9.97. The molecule has 16 heavy (non-hydrogen) atoms. The fourth-order valence-electron chi connectivity index (χ4n) is 1.28. The van der Waals surface area contributed by atoms with Crippen molar-refractivity contribution in [1.29, 1.82) is 0 Å². The van der Waals surface area contributed by atoms with Crippen LogP contribution in [-0.4, -0.2) is 12.6 Å². The quantitative estimate of drug-likeness (QED) is 0.576. The molecule has 0 fully saturated rings. The highest BCUT2D eigenvalue weighted by Crippen LogP contribution is 2.16. The SMILES string of the molecule is CCC(CC)=C(COC(=O)C(C)(C)C)[NH2+][O-]. The first kappa shape index (κ1) is 15.1. The first-order valence-corrected chi connectivity index (χ1v) is 5.70. The van der Waals surface area contributed by atoms with Gasteiger partial charge in [0, 0.05) is 0 Å². The minimum Gasteiger partial charge on any atom is -0.630 e. The molecule has 0 radical (unpaired) electrons. The highest BCUT2D eigenvalue weighted by atomic mass is 16.5. The first-order valence-electron chi connectivity index (χ1n) is 5.70. The third-order valence-electron chi connectivity index (χ3n) is 2.42. The molecule has 0 aliphatic rings. The van der Waals surface area contributed by atoms with Crippen molar-refractivity contribution in [2.75, 3.05) is 6.61 Å². The van der Waals surface area contributed by atoms with E-state index in [1.165, 1.54) is 0 Å². The summed E-state index contributed by atoms with van der Waals surface area (Å²) in [6.45, 7) is 9.46. The van der Waals surface area contributed by atoms with Crippen LogP contribution in [-0.2, 0) is 9.53 Å². The lowest BCUT2D eigenvalue weighted by molar-refractivity contribution is -0.540. The maximum absolute atomic E-state index is 11.5. The topological polar surface area (TPSA) is 66.0 Å². The van der Waals surface area contributed by atoms with Gasteiger partial charge in [-0.1, -0.05) is 13.8 Å². The second-order valence-corrected chi connectivity index (χ2v) is 4.78. The lowest BCUT2D eigenvalue weighted by Gasteiger charge is -2.18. The van der Waals surface area contributed by atoms with Crippen molar-refractivity contribution in [2.24, 2.45) is 5.41 Å². The van der Waals surface area contributed by atoms with Gasteiger partial charge in [0.25, 0.3) is 0 Å². The van der Waals surface area contributed by atoms with Gasteiger partial charge in [0.05, 0.1) is 5.41 Å². The van der Waals surface area contributed by atoms with Gasteiger partial charge in [0.15, 0.2) is 6.61 Å². The molecule has 0 heterocycles. The monoisotopic (exact) mass is 229 g/mol. The van der Waals surface area contributed by atoms with Gasteiger partial charge in [0.2, 0.25) is 0 Å². The maximum atomic E-state index is 11.5. The van der Waals surface area contributed by atoms with Gasteiger partial charge in [-0.05, 0) is 39.2 Å². The van der Waals surface area contributed by atoms with E-state index < -0.39 is 5.41 Å². The van der Waals surface area contributed by atoms with Crippen LogP contribution in [0.15, 0.2) is 11.3 Å². The molecule has 0 aromatic heterocycles. The van der Waals surface area contributed by atoms with Gasteiger partial charge < -0.3 is 15.4 Å². The average molecular weight is 229 g/mol. The summed E-state index contributed by atoms with van der Waals surface area (Å²) >= 11 is 0. The van der Waals surface area contributed by atoms with Crippen LogP contribution in [0.1, 0.15) is 47.5 Å². The number of esters is 1. The van der Waals surface area contributed by atoms with Crippen LogP contribution in [0.4, 0.5) is 0 Å². The zero-order chi connectivity index (χ0) is 12.8. The molecule has 0 atom stereocenters. The number of carbonyl (C=O) groups excluding carboxylic acids is 1. The Balaban J connectivity index is 4.48. The van der Waals surface area contributed by atoms with Crippen LogP contribution in [0.2, 0.25) is 0 Å². The predicted octanol–water partition coefficient (Wildman–Crippen LogP) is 1.71. The molecule has 0 unspecified atom stereocenters. The van der Waals surface area contributed by atoms with Crippen molar-refractivity contribution in [3.63, 3.8) is 0 Å². The first-order chi connectivity index (χ1) is 7.36. The Kier molecular flexibility index (Phi) is 6.29. The fourth-order valence-corrected chi connectivity index (χ4v) is 1.28. The summed E-state index contributed by atoms with van der Waals surface area (Å²) in [7, 11) is 0. The van der Waals surface area contributed by atoms with E-state index in [1.54, 1.807) is 20.8 Å². The molecule has 94 valence electrons. The van der Waals surface area contributed by atoms with Crippen LogP contribution >= 0.6 is 0 Å². The van der Waals surface area contributed by atoms with Gasteiger partial charge in [-0.15, -0.1) is 0 Å². The minimum absolute atomic E-state index is 0.0939. The number of allylic oxidation sites excluding steroid dienone is 1. The molecule has 0 amide bonds. The fraction of sp³-hybridized carbons (Fsp3) is 0.750. The number of carbonyl (C=O) groups is 1. The normalized spacial score (nSPS) is 11.1. The Hall–Kier alpha value is -0.870. The summed E-state index contributed by atoms with van der Waals surface area (Å²) < 4.78 is 5.12. The van der Waals surface area contributed by atoms with Crippen LogP contribution < -0.4 is 5.48 Å². The number of hydroxylamine groups is 1. The largest absolute Gasteiger partial charge is 0.630 e. The number of quaternary nitrogens is 1. The smallest absolute Gasteiger partial charge is 0.311 e. The number of hydrogen-bond donors (Lipinski definition) is 1. The summed E-state index contributed by atoms with van der Waals surface area (Å²) in [6.07, 6.45) is 1.63. The number of rotatable bonds is 5. The zero-order valence-electron chi connectivity index (χ0n) is 10.9. The van der Waals surface area contributed by atoms with Crippen LogP contribution in [0.5, 0.6) is 0 Å². The molecule has 0 spiro atoms. The Labute approximate surface area is 97.6 Å². The third kappa shape index (κ3) is 4.77. The second-order valence-electron chi connectivity index (χ2n) is 4.78. The molecule has 2 N–H and O–H groups in total. The van der Waals surface area contributed by atoms with E-state index in [-0.39, 0.29) is 12.6 Å². The van der Waals surface area contributed by atoms with E-state index in [4.69, 9.17) is 4.74 Å². The van der Waals surface area contributed by atoms with Crippen LogP contribution in [0.25, 0.3) is 0 Å². The highest BCUT2D eigenvalue weighted by Gasteiger charge is 2.23. The summed E-state index contributed by atoms with van der Waals surface area (Å²) in [4.78, 5) is 11.5. The molecule has 0 aliphatic heterocycles. The molecule has 0 aromatic rings. The van der Waals surface area contributed by atoms with E-state index in [2.05, 4.69) is 0 Å². The summed E-state index contributed by atoms with van der Waals surface area (Å²) in [6, 6.07) is 0. The number of ether oxygens (including phenoxy) is 1. The van der Waals surface area contributed by atoms with Gasteiger partial charge in [-0.25, -0.2) is 0 Å². The summed E-state index contributed by atoms with van der Waals surface area (Å²) in [5, 5.41) is 10.9. The summed E-state index contributed by atoms with van der Waals surface area (Å²) in [5.74, 6) is -0.279. The molecule has 4 nitrogen and oxygen atoms in total. The molecule has 0 rings (SSSR count). The molecular weight excluding hydrogens is 206 g/mol. The maximum Gasteiger partial charge on any atom is 0.311 e. The van der Waals surface area contributed by atoms with E-state index >= 15 is 0 Å². The number of hydrogen-bond acceptors (Lipinski definition) is 3. The van der Waals surface area contributed by atoms with Gasteiger partial charge in [0.1, 0.15) is 5.70 Å². The van der Waals surface area contributed by atoms with E-state index in [0.29, 0.717) is 5.70 Å². The van der Waals surface area contributed by atoms with E-state index in [0.717, 1.165) is 23.9 Å². The van der Waals surface area contributed by atoms with Gasteiger partial charge in [-0.2, -0.15) is 0 Å². The molecule has 4 heteroatoms. The van der Waals surface area contributed by atoms with Crippen molar-refractivity contribution in [3.8, 4) is 0 Å². The Morgan fingerprint density at radius 1 is 1.25 bits per heavy atom. The van der Waals surface area contributed by atoms with E-state index in [1.807, 2.05) is 13.8 Å². The Morgan fingerprint density at radius 2 is 1.75 bits per heavy atom. The van der Waals surface area contributed by atoms with Crippen molar-refractivity contribution < 1.29 is 15.0 Å². The number of nitrogens with two attached hydrogens (primary N) is 1. The Morgan fingerprint density at radius 3 is 2.06 bits per heavy atom. The zero-order valence-corrected chi connectivity index (χ0v) is 10.9. The van der Waals surface area contributed by atoms with Crippen LogP contribution in [0, 0.1) is 10.6 Å².